The summed E-state index contributed by atoms with van der Waals surface area (Å²) >= 11 is 17.9. The molecule has 5 heteroatoms. The first-order valence-corrected chi connectivity index (χ1v) is 7.15. The van der Waals surface area contributed by atoms with Crippen LogP contribution in [-0.4, -0.2) is 5.11 Å². The van der Waals surface area contributed by atoms with Crippen molar-refractivity contribution < 1.29 is 9.84 Å². The molecular formula is C15H13Cl3O2. The van der Waals surface area contributed by atoms with Crippen molar-refractivity contribution in [1.82, 2.24) is 0 Å². The molecule has 20 heavy (non-hydrogen) atoms. The number of aliphatic hydroxyl groups excluding tert-OH is 1. The van der Waals surface area contributed by atoms with Gasteiger partial charge in [0.25, 0.3) is 0 Å². The Balaban J connectivity index is 2.09. The standard InChI is InChI=1S/C15H13Cl3O2/c1-9(19)11-3-5-15(14(18)7-11)20-8-10-2-4-12(16)13(17)6-10/h2-7,9,19H,8H2,1H3/t9-/m1/s1. The van der Waals surface area contributed by atoms with Crippen LogP contribution < -0.4 is 4.74 Å². The van der Waals surface area contributed by atoms with E-state index in [4.69, 9.17) is 39.5 Å². The molecule has 1 atom stereocenters. The largest absolute Gasteiger partial charge is 0.487 e. The Hall–Kier alpha value is -0.930. The summed E-state index contributed by atoms with van der Waals surface area (Å²) < 4.78 is 5.64. The molecule has 0 spiro atoms. The van der Waals surface area contributed by atoms with Gasteiger partial charge in [-0.3, -0.25) is 0 Å². The van der Waals surface area contributed by atoms with Gasteiger partial charge in [-0.15, -0.1) is 0 Å². The van der Waals surface area contributed by atoms with Crippen molar-refractivity contribution in [3.8, 4) is 5.75 Å². The normalized spacial score (nSPS) is 12.2. The lowest BCUT2D eigenvalue weighted by Gasteiger charge is -2.11. The molecule has 0 aliphatic carbocycles. The van der Waals surface area contributed by atoms with Gasteiger partial charge in [-0.1, -0.05) is 46.9 Å². The SMILES string of the molecule is C[C@@H](O)c1ccc(OCc2ccc(Cl)c(Cl)c2)c(Cl)c1. The van der Waals surface area contributed by atoms with E-state index in [2.05, 4.69) is 0 Å². The van der Waals surface area contributed by atoms with Gasteiger partial charge in [0.2, 0.25) is 0 Å². The molecule has 106 valence electrons. The zero-order chi connectivity index (χ0) is 14.7. The van der Waals surface area contributed by atoms with Crippen molar-refractivity contribution in [2.75, 3.05) is 0 Å². The second-order valence-corrected chi connectivity index (χ2v) is 5.62. The van der Waals surface area contributed by atoms with Gasteiger partial charge >= 0.3 is 0 Å². The van der Waals surface area contributed by atoms with Crippen molar-refractivity contribution in [3.63, 3.8) is 0 Å². The molecule has 0 aliphatic heterocycles. The van der Waals surface area contributed by atoms with E-state index in [-0.39, 0.29) is 0 Å². The highest BCUT2D eigenvalue weighted by atomic mass is 35.5. The zero-order valence-electron chi connectivity index (χ0n) is 10.7. The van der Waals surface area contributed by atoms with Crippen LogP contribution in [0.25, 0.3) is 0 Å². The molecule has 0 fully saturated rings. The summed E-state index contributed by atoms with van der Waals surface area (Å²) in [5, 5.41) is 10.9. The van der Waals surface area contributed by atoms with E-state index in [1.54, 1.807) is 37.3 Å². The van der Waals surface area contributed by atoms with Crippen molar-refractivity contribution in [3.05, 3.63) is 62.6 Å². The number of hydrogen-bond donors (Lipinski definition) is 1. The molecule has 0 unspecified atom stereocenters. The summed E-state index contributed by atoms with van der Waals surface area (Å²) in [5.41, 5.74) is 1.65. The van der Waals surface area contributed by atoms with Crippen LogP contribution in [0.4, 0.5) is 0 Å². The number of ether oxygens (including phenoxy) is 1. The maximum absolute atomic E-state index is 9.48. The molecule has 1 N–H and O–H groups in total. The molecule has 0 aliphatic rings. The van der Waals surface area contributed by atoms with Crippen LogP contribution in [0.15, 0.2) is 36.4 Å². The minimum Gasteiger partial charge on any atom is -0.487 e. The average molecular weight is 332 g/mol. The fourth-order valence-electron chi connectivity index (χ4n) is 1.68. The number of rotatable bonds is 4. The molecule has 2 nitrogen and oxygen atoms in total. The molecule has 0 saturated heterocycles. The predicted molar refractivity (Wildman–Crippen MR) is 82.9 cm³/mol. The molecule has 0 heterocycles. The van der Waals surface area contributed by atoms with Crippen LogP contribution in [0.2, 0.25) is 15.1 Å². The topological polar surface area (TPSA) is 29.5 Å². The minimum atomic E-state index is -0.559. The molecule has 0 aromatic heterocycles. The van der Waals surface area contributed by atoms with E-state index in [1.807, 2.05) is 6.07 Å². The van der Waals surface area contributed by atoms with Gasteiger partial charge in [-0.25, -0.2) is 0 Å². The number of hydrogen-bond acceptors (Lipinski definition) is 2. The lowest BCUT2D eigenvalue weighted by atomic mass is 10.1. The van der Waals surface area contributed by atoms with Gasteiger partial charge in [-0.2, -0.15) is 0 Å². The molecule has 2 aromatic rings. The first-order chi connectivity index (χ1) is 9.47. The van der Waals surface area contributed by atoms with Crippen molar-refractivity contribution in [1.29, 1.82) is 0 Å². The van der Waals surface area contributed by atoms with E-state index in [1.165, 1.54) is 0 Å². The summed E-state index contributed by atoms with van der Waals surface area (Å²) in [6.07, 6.45) is -0.559. The summed E-state index contributed by atoms with van der Waals surface area (Å²) in [5.74, 6) is 0.558. The van der Waals surface area contributed by atoms with Gasteiger partial charge in [0.05, 0.1) is 21.2 Å². The van der Waals surface area contributed by atoms with Crippen LogP contribution in [0, 0.1) is 0 Å². The Labute approximate surface area is 132 Å². The summed E-state index contributed by atoms with van der Waals surface area (Å²) in [7, 11) is 0. The smallest absolute Gasteiger partial charge is 0.138 e. The van der Waals surface area contributed by atoms with Crippen molar-refractivity contribution in [2.45, 2.75) is 19.6 Å². The Bertz CT molecular complexity index is 612. The second-order valence-electron chi connectivity index (χ2n) is 4.40. The lowest BCUT2D eigenvalue weighted by Crippen LogP contribution is -1.97. The van der Waals surface area contributed by atoms with E-state index in [0.29, 0.717) is 27.4 Å². The molecule has 0 radical (unpaired) electrons. The van der Waals surface area contributed by atoms with Gasteiger partial charge in [0.15, 0.2) is 0 Å². The second kappa shape index (κ2) is 6.68. The van der Waals surface area contributed by atoms with E-state index < -0.39 is 6.10 Å². The molecular weight excluding hydrogens is 319 g/mol. The molecule has 2 rings (SSSR count). The molecule has 0 bridgehead atoms. The summed E-state index contributed by atoms with van der Waals surface area (Å²) in [6.45, 7) is 2.02. The third-order valence-corrected chi connectivity index (χ3v) is 3.85. The highest BCUT2D eigenvalue weighted by molar-refractivity contribution is 6.42. The highest BCUT2D eigenvalue weighted by Gasteiger charge is 2.07. The van der Waals surface area contributed by atoms with Crippen molar-refractivity contribution >= 4 is 34.8 Å². The summed E-state index contributed by atoms with van der Waals surface area (Å²) in [4.78, 5) is 0. The Kier molecular flexibility index (Phi) is 5.17. The maximum atomic E-state index is 9.48. The van der Waals surface area contributed by atoms with Crippen LogP contribution in [0.1, 0.15) is 24.2 Å². The highest BCUT2D eigenvalue weighted by Crippen LogP contribution is 2.29. The third-order valence-electron chi connectivity index (χ3n) is 2.82. The minimum absolute atomic E-state index is 0.338. The van der Waals surface area contributed by atoms with Gasteiger partial charge in [-0.05, 0) is 42.3 Å². The van der Waals surface area contributed by atoms with Gasteiger partial charge in [0.1, 0.15) is 12.4 Å². The molecule has 0 saturated carbocycles. The number of benzene rings is 2. The van der Waals surface area contributed by atoms with E-state index in [0.717, 1.165) is 11.1 Å². The Morgan fingerprint density at radius 1 is 1.00 bits per heavy atom. The zero-order valence-corrected chi connectivity index (χ0v) is 13.0. The van der Waals surface area contributed by atoms with Gasteiger partial charge in [0, 0.05) is 0 Å². The quantitative estimate of drug-likeness (QED) is 0.826. The van der Waals surface area contributed by atoms with Crippen LogP contribution in [-0.2, 0) is 6.61 Å². The first-order valence-electron chi connectivity index (χ1n) is 6.01. The Morgan fingerprint density at radius 2 is 1.75 bits per heavy atom. The Morgan fingerprint density at radius 3 is 2.35 bits per heavy atom. The van der Waals surface area contributed by atoms with Gasteiger partial charge < -0.3 is 9.84 Å². The fourth-order valence-corrected chi connectivity index (χ4v) is 2.25. The lowest BCUT2D eigenvalue weighted by molar-refractivity contribution is 0.199. The number of aliphatic hydroxyl groups is 1. The average Bonchev–Trinajstić information content (AvgIpc) is 2.41. The van der Waals surface area contributed by atoms with Crippen LogP contribution >= 0.6 is 34.8 Å². The van der Waals surface area contributed by atoms with Crippen molar-refractivity contribution in [2.24, 2.45) is 0 Å². The van der Waals surface area contributed by atoms with Crippen LogP contribution in [0.3, 0.4) is 0 Å². The maximum Gasteiger partial charge on any atom is 0.138 e. The first kappa shape index (κ1) is 15.5. The number of halogens is 3. The summed E-state index contributed by atoms with van der Waals surface area (Å²) in [6, 6.07) is 10.5. The fraction of sp³-hybridized carbons (Fsp3) is 0.200. The predicted octanol–water partition coefficient (Wildman–Crippen LogP) is 5.28. The van der Waals surface area contributed by atoms with E-state index in [9.17, 15) is 5.11 Å². The van der Waals surface area contributed by atoms with Crippen LogP contribution in [0.5, 0.6) is 5.75 Å². The molecule has 2 aromatic carbocycles. The third kappa shape index (κ3) is 3.80. The molecule has 0 amide bonds. The van der Waals surface area contributed by atoms with E-state index >= 15 is 0 Å². The monoisotopic (exact) mass is 330 g/mol.